The van der Waals surface area contributed by atoms with Gasteiger partial charge in [0.15, 0.2) is 5.82 Å². The van der Waals surface area contributed by atoms with Crippen LogP contribution in [0, 0.1) is 6.92 Å². The molecule has 1 aliphatic rings. The van der Waals surface area contributed by atoms with Crippen LogP contribution in [0.3, 0.4) is 0 Å². The molecule has 1 fully saturated rings. The van der Waals surface area contributed by atoms with Crippen molar-refractivity contribution < 1.29 is 9.26 Å². The molecule has 1 aliphatic heterocycles. The van der Waals surface area contributed by atoms with Crippen LogP contribution >= 0.6 is 0 Å². The highest BCUT2D eigenvalue weighted by Gasteiger charge is 2.23. The van der Waals surface area contributed by atoms with Crippen LogP contribution in [-0.4, -0.2) is 33.3 Å². The number of nitrogens with one attached hydrogen (secondary N) is 1. The molecule has 1 N–H and O–H groups in total. The molecule has 1 atom stereocenters. The van der Waals surface area contributed by atoms with Crippen LogP contribution in [-0.2, 0) is 11.2 Å². The van der Waals surface area contributed by atoms with Gasteiger partial charge in [-0.25, -0.2) is 4.98 Å². The average molecular weight is 284 g/mol. The fraction of sp³-hybridized carbons (Fsp3) is 0.400. The van der Waals surface area contributed by atoms with E-state index in [9.17, 15) is 0 Å². The molecule has 4 rings (SSSR count). The summed E-state index contributed by atoms with van der Waals surface area (Å²) in [5, 5.41) is 4.07. The van der Waals surface area contributed by atoms with Crippen LogP contribution in [0.1, 0.15) is 35.4 Å². The number of imidazole rings is 1. The van der Waals surface area contributed by atoms with E-state index in [0.717, 1.165) is 41.3 Å². The minimum Gasteiger partial charge on any atom is -0.381 e. The van der Waals surface area contributed by atoms with Crippen molar-refractivity contribution in [1.29, 1.82) is 0 Å². The summed E-state index contributed by atoms with van der Waals surface area (Å²) >= 11 is 0. The summed E-state index contributed by atoms with van der Waals surface area (Å²) in [5.41, 5.74) is 3.14. The van der Waals surface area contributed by atoms with E-state index in [1.165, 1.54) is 0 Å². The van der Waals surface area contributed by atoms with Crippen molar-refractivity contribution in [3.05, 3.63) is 41.3 Å². The van der Waals surface area contributed by atoms with Crippen molar-refractivity contribution in [2.75, 3.05) is 13.2 Å². The van der Waals surface area contributed by atoms with E-state index in [0.29, 0.717) is 18.9 Å². The molecule has 0 bridgehead atoms. The maximum Gasteiger partial charge on any atom is 0.231 e. The Hall–Kier alpha value is -2.21. The van der Waals surface area contributed by atoms with Gasteiger partial charge in [-0.3, -0.25) is 0 Å². The molecule has 3 heterocycles. The van der Waals surface area contributed by atoms with Gasteiger partial charge in [0.1, 0.15) is 5.82 Å². The van der Waals surface area contributed by atoms with Gasteiger partial charge in [0, 0.05) is 12.5 Å². The summed E-state index contributed by atoms with van der Waals surface area (Å²) in [6.07, 6.45) is 1.60. The predicted octanol–water partition coefficient (Wildman–Crippen LogP) is 2.35. The molecule has 0 unspecified atom stereocenters. The first-order chi connectivity index (χ1) is 10.3. The second-order valence-electron chi connectivity index (χ2n) is 5.46. The summed E-state index contributed by atoms with van der Waals surface area (Å²) < 4.78 is 10.7. The SMILES string of the molecule is Cc1nc2ccc(Cc3nc([C@H]4CCOC4)no3)cc2[nH]1. The standard InChI is InChI=1S/C15H16N4O2/c1-9-16-12-3-2-10(6-13(12)17-9)7-14-18-15(19-21-14)11-4-5-20-8-11/h2-3,6,11H,4-5,7-8H2,1H3,(H,16,17)/t11-/m0/s1. The number of hydrogen-bond acceptors (Lipinski definition) is 5. The first-order valence-electron chi connectivity index (χ1n) is 7.13. The minimum atomic E-state index is 0.278. The quantitative estimate of drug-likeness (QED) is 0.799. The number of aromatic amines is 1. The molecule has 108 valence electrons. The van der Waals surface area contributed by atoms with Crippen molar-refractivity contribution in [2.24, 2.45) is 0 Å². The third-order valence-corrected chi connectivity index (χ3v) is 3.80. The van der Waals surface area contributed by atoms with Crippen molar-refractivity contribution in [1.82, 2.24) is 20.1 Å². The molecule has 0 saturated carbocycles. The summed E-state index contributed by atoms with van der Waals surface area (Å²) in [6, 6.07) is 6.14. The maximum absolute atomic E-state index is 5.36. The molecule has 0 amide bonds. The number of aromatic nitrogens is 4. The zero-order valence-electron chi connectivity index (χ0n) is 11.8. The van der Waals surface area contributed by atoms with Gasteiger partial charge in [0.05, 0.1) is 24.1 Å². The van der Waals surface area contributed by atoms with Crippen LogP contribution < -0.4 is 0 Å². The molecule has 0 spiro atoms. The number of H-pyrrole nitrogens is 1. The third-order valence-electron chi connectivity index (χ3n) is 3.80. The van der Waals surface area contributed by atoms with Crippen LogP contribution in [0.15, 0.2) is 22.7 Å². The Bertz CT molecular complexity index is 771. The lowest BCUT2D eigenvalue weighted by Crippen LogP contribution is -2.00. The Kier molecular flexibility index (Phi) is 2.96. The van der Waals surface area contributed by atoms with Gasteiger partial charge in [0.2, 0.25) is 5.89 Å². The third kappa shape index (κ3) is 2.42. The molecule has 0 aliphatic carbocycles. The van der Waals surface area contributed by atoms with E-state index in [-0.39, 0.29) is 5.92 Å². The fourth-order valence-electron chi connectivity index (χ4n) is 2.71. The van der Waals surface area contributed by atoms with Crippen molar-refractivity contribution in [3.63, 3.8) is 0 Å². The van der Waals surface area contributed by atoms with Crippen molar-refractivity contribution >= 4 is 11.0 Å². The summed E-state index contributed by atoms with van der Waals surface area (Å²) in [4.78, 5) is 12.1. The number of rotatable bonds is 3. The average Bonchev–Trinajstić information content (AvgIpc) is 3.16. The molecular weight excluding hydrogens is 268 g/mol. The van der Waals surface area contributed by atoms with Gasteiger partial charge in [0.25, 0.3) is 0 Å². The van der Waals surface area contributed by atoms with Crippen molar-refractivity contribution in [3.8, 4) is 0 Å². The molecule has 2 aromatic heterocycles. The van der Waals surface area contributed by atoms with Crippen molar-refractivity contribution in [2.45, 2.75) is 25.7 Å². The first kappa shape index (κ1) is 12.5. The Morgan fingerprint density at radius 1 is 1.33 bits per heavy atom. The van der Waals surface area contributed by atoms with E-state index in [1.807, 2.05) is 19.1 Å². The Balaban J connectivity index is 1.56. The summed E-state index contributed by atoms with van der Waals surface area (Å²) in [6.45, 7) is 3.43. The normalized spacial score (nSPS) is 18.6. The largest absolute Gasteiger partial charge is 0.381 e. The van der Waals surface area contributed by atoms with Gasteiger partial charge in [-0.15, -0.1) is 0 Å². The van der Waals surface area contributed by atoms with Crippen LogP contribution in [0.4, 0.5) is 0 Å². The second-order valence-corrected chi connectivity index (χ2v) is 5.46. The molecular formula is C15H16N4O2. The smallest absolute Gasteiger partial charge is 0.231 e. The number of benzene rings is 1. The maximum atomic E-state index is 5.36. The number of hydrogen-bond donors (Lipinski definition) is 1. The molecule has 0 radical (unpaired) electrons. The van der Waals surface area contributed by atoms with Crippen LogP contribution in [0.5, 0.6) is 0 Å². The van der Waals surface area contributed by atoms with Gasteiger partial charge < -0.3 is 14.2 Å². The Labute approximate surface area is 121 Å². The van der Waals surface area contributed by atoms with E-state index in [2.05, 4.69) is 26.2 Å². The molecule has 21 heavy (non-hydrogen) atoms. The summed E-state index contributed by atoms with van der Waals surface area (Å²) in [5.74, 6) is 2.61. The predicted molar refractivity (Wildman–Crippen MR) is 76.1 cm³/mol. The lowest BCUT2D eigenvalue weighted by Gasteiger charge is -1.98. The minimum absolute atomic E-state index is 0.278. The number of ether oxygens (including phenoxy) is 1. The van der Waals surface area contributed by atoms with Crippen LogP contribution in [0.2, 0.25) is 0 Å². The lowest BCUT2D eigenvalue weighted by atomic mass is 10.1. The van der Waals surface area contributed by atoms with E-state index >= 15 is 0 Å². The Morgan fingerprint density at radius 2 is 2.29 bits per heavy atom. The van der Waals surface area contributed by atoms with E-state index in [1.54, 1.807) is 0 Å². The highest BCUT2D eigenvalue weighted by Crippen LogP contribution is 2.23. The zero-order chi connectivity index (χ0) is 14.2. The van der Waals surface area contributed by atoms with E-state index in [4.69, 9.17) is 9.26 Å². The first-order valence-corrected chi connectivity index (χ1v) is 7.13. The number of aryl methyl sites for hydroxylation is 1. The topological polar surface area (TPSA) is 76.8 Å². The molecule has 6 nitrogen and oxygen atoms in total. The van der Waals surface area contributed by atoms with Gasteiger partial charge in [-0.05, 0) is 31.0 Å². The van der Waals surface area contributed by atoms with Gasteiger partial charge >= 0.3 is 0 Å². The highest BCUT2D eigenvalue weighted by atomic mass is 16.5. The van der Waals surface area contributed by atoms with Gasteiger partial charge in [-0.1, -0.05) is 11.2 Å². The molecule has 1 aromatic carbocycles. The number of fused-ring (bicyclic) bond motifs is 1. The molecule has 3 aromatic rings. The highest BCUT2D eigenvalue weighted by molar-refractivity contribution is 5.75. The molecule has 6 heteroatoms. The Morgan fingerprint density at radius 3 is 3.14 bits per heavy atom. The summed E-state index contributed by atoms with van der Waals surface area (Å²) in [7, 11) is 0. The van der Waals surface area contributed by atoms with E-state index < -0.39 is 0 Å². The second kappa shape index (κ2) is 4.96. The molecule has 1 saturated heterocycles. The van der Waals surface area contributed by atoms with Gasteiger partial charge in [-0.2, -0.15) is 4.98 Å². The number of nitrogens with zero attached hydrogens (tertiary/aromatic N) is 3. The monoisotopic (exact) mass is 284 g/mol. The lowest BCUT2D eigenvalue weighted by molar-refractivity contribution is 0.192. The fourth-order valence-corrected chi connectivity index (χ4v) is 2.71. The van der Waals surface area contributed by atoms with Crippen LogP contribution in [0.25, 0.3) is 11.0 Å². The zero-order valence-corrected chi connectivity index (χ0v) is 11.8.